The number of ether oxygens (including phenoxy) is 1. The second-order valence-electron chi connectivity index (χ2n) is 8.63. The molecule has 8 nitrogen and oxygen atoms in total. The molecule has 4 rings (SSSR count). The number of nitrogens with one attached hydrogen (secondary N) is 2. The third-order valence-electron chi connectivity index (χ3n) is 6.31. The smallest absolute Gasteiger partial charge is 0.312 e. The van der Waals surface area contributed by atoms with E-state index in [0.29, 0.717) is 6.04 Å². The van der Waals surface area contributed by atoms with Gasteiger partial charge in [0.2, 0.25) is 0 Å². The first-order chi connectivity index (χ1) is 15.9. The highest BCUT2D eigenvalue weighted by Gasteiger charge is 2.28. The van der Waals surface area contributed by atoms with Gasteiger partial charge in [-0.2, -0.15) is 0 Å². The number of hydrogen-bond acceptors (Lipinski definition) is 7. The number of hydrogen-bond donors (Lipinski definition) is 2. The molecule has 0 atom stereocenters. The van der Waals surface area contributed by atoms with Crippen LogP contribution < -0.4 is 25.2 Å². The molecule has 0 radical (unpaired) electrons. The maximum Gasteiger partial charge on any atom is 0.312 e. The monoisotopic (exact) mass is 471 g/mol. The first-order valence-electron chi connectivity index (χ1n) is 11.3. The Balaban J connectivity index is 1.41. The van der Waals surface area contributed by atoms with Gasteiger partial charge in [-0.3, -0.25) is 10.1 Å². The number of piperidine rings is 1. The van der Waals surface area contributed by atoms with Gasteiger partial charge in [-0.05, 0) is 63.1 Å². The fourth-order valence-electron chi connectivity index (χ4n) is 4.49. The van der Waals surface area contributed by atoms with Crippen LogP contribution in [0.4, 0.5) is 17.1 Å². The normalized spacial score (nSPS) is 17.4. The van der Waals surface area contributed by atoms with Crippen LogP contribution in [0.15, 0.2) is 54.9 Å². The molecular formula is C24H30ClN5O3. The number of nitrogens with zero attached hydrogens (tertiary/aromatic N) is 3. The van der Waals surface area contributed by atoms with Gasteiger partial charge in [-0.25, -0.2) is 0 Å². The van der Waals surface area contributed by atoms with Crippen LogP contribution in [0.1, 0.15) is 26.7 Å². The molecule has 2 heterocycles. The van der Waals surface area contributed by atoms with Crippen molar-refractivity contribution >= 4 is 28.7 Å². The van der Waals surface area contributed by atoms with Crippen LogP contribution in [0, 0.1) is 10.1 Å². The molecule has 2 aromatic rings. The van der Waals surface area contributed by atoms with Crippen molar-refractivity contribution in [2.24, 2.45) is 0 Å². The molecule has 1 fully saturated rings. The number of halogens is 1. The summed E-state index contributed by atoms with van der Waals surface area (Å²) in [5.41, 5.74) is 1.53. The Bertz CT molecular complexity index is 998. The number of rotatable bonds is 8. The summed E-state index contributed by atoms with van der Waals surface area (Å²) in [6, 6.07) is 13.6. The van der Waals surface area contributed by atoms with Gasteiger partial charge >= 0.3 is 5.69 Å². The Morgan fingerprint density at radius 3 is 2.45 bits per heavy atom. The SMILES string of the molecule is CCN(c1ccc(Cl)cc1)C1CCN(c2ccc(OCC3(C)NC=CN3)c([N+](=O)[O-])c2)CC1. The first-order valence-corrected chi connectivity index (χ1v) is 11.6. The molecule has 0 bridgehead atoms. The summed E-state index contributed by atoms with van der Waals surface area (Å²) < 4.78 is 5.81. The Hall–Kier alpha value is -3.13. The van der Waals surface area contributed by atoms with Crippen molar-refractivity contribution in [3.05, 3.63) is 70.0 Å². The van der Waals surface area contributed by atoms with Crippen molar-refractivity contribution in [2.45, 2.75) is 38.4 Å². The molecule has 1 saturated heterocycles. The van der Waals surface area contributed by atoms with E-state index in [1.54, 1.807) is 24.5 Å². The summed E-state index contributed by atoms with van der Waals surface area (Å²) >= 11 is 6.05. The van der Waals surface area contributed by atoms with Gasteiger partial charge in [0.25, 0.3) is 0 Å². The minimum atomic E-state index is -0.482. The van der Waals surface area contributed by atoms with Crippen LogP contribution >= 0.6 is 11.6 Å². The summed E-state index contributed by atoms with van der Waals surface area (Å²) in [4.78, 5) is 16.0. The molecule has 0 aliphatic carbocycles. The molecule has 0 spiro atoms. The van der Waals surface area contributed by atoms with Crippen LogP contribution in [0.25, 0.3) is 0 Å². The zero-order chi connectivity index (χ0) is 23.4. The van der Waals surface area contributed by atoms with E-state index in [1.807, 2.05) is 25.1 Å². The summed E-state index contributed by atoms with van der Waals surface area (Å²) in [7, 11) is 0. The van der Waals surface area contributed by atoms with Crippen molar-refractivity contribution in [1.29, 1.82) is 0 Å². The van der Waals surface area contributed by atoms with E-state index in [9.17, 15) is 10.1 Å². The number of nitro groups is 1. The lowest BCUT2D eigenvalue weighted by Crippen LogP contribution is -2.50. The molecule has 2 aliphatic heterocycles. The zero-order valence-electron chi connectivity index (χ0n) is 19.0. The lowest BCUT2D eigenvalue weighted by atomic mass is 10.0. The highest BCUT2D eigenvalue weighted by Crippen LogP contribution is 2.34. The Morgan fingerprint density at radius 2 is 1.85 bits per heavy atom. The lowest BCUT2D eigenvalue weighted by Gasteiger charge is -2.40. The van der Waals surface area contributed by atoms with Gasteiger partial charge in [0.15, 0.2) is 5.75 Å². The summed E-state index contributed by atoms with van der Waals surface area (Å²) in [6.07, 6.45) is 5.53. The fourth-order valence-corrected chi connectivity index (χ4v) is 4.61. The Morgan fingerprint density at radius 1 is 1.18 bits per heavy atom. The Kier molecular flexibility index (Phi) is 6.83. The summed E-state index contributed by atoms with van der Waals surface area (Å²) in [6.45, 7) is 6.94. The Labute approximate surface area is 199 Å². The van der Waals surface area contributed by atoms with E-state index in [1.165, 1.54) is 5.69 Å². The fraction of sp³-hybridized carbons (Fsp3) is 0.417. The molecule has 2 aliphatic rings. The van der Waals surface area contributed by atoms with E-state index >= 15 is 0 Å². The largest absolute Gasteiger partial charge is 0.482 e. The topological polar surface area (TPSA) is 82.9 Å². The van der Waals surface area contributed by atoms with Crippen molar-refractivity contribution in [1.82, 2.24) is 10.6 Å². The standard InChI is InChI=1S/C24H30ClN5O3/c1-3-29(19-6-4-18(25)5-7-19)20-10-14-28(15-11-20)21-8-9-23(22(16-21)30(31)32)33-17-24(2)26-12-13-27-24/h4-9,12-13,16,20,26-27H,3,10-11,14-15,17H2,1-2H3. The van der Waals surface area contributed by atoms with Crippen LogP contribution in [0.5, 0.6) is 5.75 Å². The lowest BCUT2D eigenvalue weighted by molar-refractivity contribution is -0.385. The minimum absolute atomic E-state index is 0.0134. The zero-order valence-corrected chi connectivity index (χ0v) is 19.7. The average molecular weight is 472 g/mol. The van der Waals surface area contributed by atoms with Crippen LogP contribution in [-0.4, -0.2) is 42.9 Å². The molecule has 0 amide bonds. The van der Waals surface area contributed by atoms with Crippen LogP contribution in [-0.2, 0) is 0 Å². The minimum Gasteiger partial charge on any atom is -0.482 e. The molecule has 33 heavy (non-hydrogen) atoms. The molecule has 176 valence electrons. The first kappa shape index (κ1) is 23.0. The van der Waals surface area contributed by atoms with E-state index in [-0.39, 0.29) is 23.0 Å². The number of nitro benzene ring substituents is 1. The predicted molar refractivity (Wildman–Crippen MR) is 132 cm³/mol. The molecule has 0 saturated carbocycles. The molecule has 2 N–H and O–H groups in total. The van der Waals surface area contributed by atoms with E-state index < -0.39 is 5.66 Å². The molecule has 0 aromatic heterocycles. The van der Waals surface area contributed by atoms with Crippen molar-refractivity contribution in [3.8, 4) is 5.75 Å². The van der Waals surface area contributed by atoms with Gasteiger partial charge in [0, 0.05) is 60.5 Å². The second-order valence-corrected chi connectivity index (χ2v) is 9.07. The van der Waals surface area contributed by atoms with Crippen LogP contribution in [0.3, 0.4) is 0 Å². The predicted octanol–water partition coefficient (Wildman–Crippen LogP) is 4.50. The van der Waals surface area contributed by atoms with Crippen molar-refractivity contribution in [2.75, 3.05) is 36.0 Å². The second kappa shape index (κ2) is 9.79. The molecule has 9 heteroatoms. The molecule has 0 unspecified atom stereocenters. The van der Waals surface area contributed by atoms with Gasteiger partial charge in [-0.1, -0.05) is 11.6 Å². The van der Waals surface area contributed by atoms with Gasteiger partial charge in [0.1, 0.15) is 12.3 Å². The molecule has 2 aromatic carbocycles. The number of anilines is 2. The van der Waals surface area contributed by atoms with E-state index in [0.717, 1.165) is 43.2 Å². The van der Waals surface area contributed by atoms with Gasteiger partial charge in [-0.15, -0.1) is 0 Å². The van der Waals surface area contributed by atoms with Crippen molar-refractivity contribution < 1.29 is 9.66 Å². The van der Waals surface area contributed by atoms with Crippen LogP contribution in [0.2, 0.25) is 5.02 Å². The van der Waals surface area contributed by atoms with Gasteiger partial charge in [0.05, 0.1) is 4.92 Å². The highest BCUT2D eigenvalue weighted by molar-refractivity contribution is 6.30. The quantitative estimate of drug-likeness (QED) is 0.433. The van der Waals surface area contributed by atoms with E-state index in [2.05, 4.69) is 39.5 Å². The average Bonchev–Trinajstić information content (AvgIpc) is 3.26. The van der Waals surface area contributed by atoms with Crippen molar-refractivity contribution in [3.63, 3.8) is 0 Å². The highest BCUT2D eigenvalue weighted by atomic mass is 35.5. The van der Waals surface area contributed by atoms with E-state index in [4.69, 9.17) is 16.3 Å². The molecular weight excluding hydrogens is 442 g/mol. The summed E-state index contributed by atoms with van der Waals surface area (Å²) in [5.74, 6) is 0.273. The third-order valence-corrected chi connectivity index (χ3v) is 6.56. The van der Waals surface area contributed by atoms with Gasteiger partial charge < -0.3 is 25.2 Å². The maximum absolute atomic E-state index is 11.7. The maximum atomic E-state index is 11.7. The third kappa shape index (κ3) is 5.27. The number of benzene rings is 2. The summed E-state index contributed by atoms with van der Waals surface area (Å²) in [5, 5.41) is 18.8.